The molecule has 1 aromatic heterocycles. The number of carboxylic acid groups (broad SMARTS) is 1. The van der Waals surface area contributed by atoms with Crippen LogP contribution in [-0.2, 0) is 16.0 Å². The second kappa shape index (κ2) is 6.47. The number of hydrogen-bond donors (Lipinski definition) is 1. The van der Waals surface area contributed by atoms with E-state index in [2.05, 4.69) is 0 Å². The summed E-state index contributed by atoms with van der Waals surface area (Å²) in [5.74, 6) is -1.19. The number of benzene rings is 1. The number of furan rings is 1. The first-order valence-electron chi connectivity index (χ1n) is 7.12. The Morgan fingerprint density at radius 1 is 1.32 bits per heavy atom. The van der Waals surface area contributed by atoms with E-state index in [0.29, 0.717) is 28.9 Å². The van der Waals surface area contributed by atoms with Gasteiger partial charge in [0.05, 0.1) is 6.26 Å². The van der Waals surface area contributed by atoms with Crippen LogP contribution in [-0.4, -0.2) is 17.0 Å². The van der Waals surface area contributed by atoms with E-state index in [9.17, 15) is 9.59 Å². The molecule has 0 atom stereocenters. The van der Waals surface area contributed by atoms with Crippen LogP contribution in [0.1, 0.15) is 38.3 Å². The lowest BCUT2D eigenvalue weighted by molar-refractivity contribution is -0.132. The maximum Gasteiger partial charge on any atom is 0.328 e. The summed E-state index contributed by atoms with van der Waals surface area (Å²) in [6, 6.07) is 3.46. The average Bonchev–Trinajstić information content (AvgIpc) is 2.85. The third-order valence-electron chi connectivity index (χ3n) is 3.42. The normalized spacial score (nSPS) is 11.7. The fourth-order valence-corrected chi connectivity index (χ4v) is 2.39. The summed E-state index contributed by atoms with van der Waals surface area (Å²) in [5.41, 5.74) is 2.83. The summed E-state index contributed by atoms with van der Waals surface area (Å²) in [7, 11) is 0. The van der Waals surface area contributed by atoms with Gasteiger partial charge in [-0.1, -0.05) is 13.8 Å². The van der Waals surface area contributed by atoms with Crippen LogP contribution in [0.4, 0.5) is 0 Å². The maximum atomic E-state index is 11.3. The standard InChI is InChI=1S/C17H18O5/c1-4-11(6-17(19)20)13-7-14-12(5-2)9-21-15(14)8-16(13)22-10(3)18/h6-9H,4-5H2,1-3H3,(H,19,20)/b11-6+. The number of fused-ring (bicyclic) bond motifs is 1. The highest BCUT2D eigenvalue weighted by atomic mass is 16.5. The summed E-state index contributed by atoms with van der Waals surface area (Å²) in [6.07, 6.45) is 4.10. The zero-order valence-corrected chi connectivity index (χ0v) is 12.8. The summed E-state index contributed by atoms with van der Waals surface area (Å²) in [5, 5.41) is 9.92. The van der Waals surface area contributed by atoms with Crippen molar-refractivity contribution >= 4 is 28.5 Å². The van der Waals surface area contributed by atoms with Crippen LogP contribution in [0, 0.1) is 0 Å². The molecule has 5 heteroatoms. The number of carbonyl (C=O) groups is 2. The number of carbonyl (C=O) groups excluding carboxylic acids is 1. The van der Waals surface area contributed by atoms with Crippen molar-refractivity contribution in [2.75, 3.05) is 0 Å². The second-order valence-corrected chi connectivity index (χ2v) is 4.91. The van der Waals surface area contributed by atoms with E-state index in [1.54, 1.807) is 12.3 Å². The van der Waals surface area contributed by atoms with Gasteiger partial charge in [0.15, 0.2) is 0 Å². The number of carboxylic acids is 1. The molecule has 2 aromatic rings. The SMILES string of the molecule is CC/C(=C\C(=O)O)c1cc2c(CC)coc2cc1OC(C)=O. The molecule has 116 valence electrons. The highest BCUT2D eigenvalue weighted by Crippen LogP contribution is 2.35. The minimum Gasteiger partial charge on any atom is -0.478 e. The van der Waals surface area contributed by atoms with Crippen molar-refractivity contribution in [1.29, 1.82) is 0 Å². The minimum atomic E-state index is -1.03. The molecule has 0 bridgehead atoms. The first kappa shape index (κ1) is 15.8. The Bertz CT molecular complexity index is 752. The predicted molar refractivity (Wildman–Crippen MR) is 82.8 cm³/mol. The molecule has 0 aliphatic carbocycles. The minimum absolute atomic E-state index is 0.311. The van der Waals surface area contributed by atoms with Crippen LogP contribution in [0.25, 0.3) is 16.5 Å². The first-order valence-corrected chi connectivity index (χ1v) is 7.12. The fraction of sp³-hybridized carbons (Fsp3) is 0.294. The molecule has 0 unspecified atom stereocenters. The van der Waals surface area contributed by atoms with Crippen molar-refractivity contribution in [1.82, 2.24) is 0 Å². The quantitative estimate of drug-likeness (QED) is 0.516. The Morgan fingerprint density at radius 2 is 2.05 bits per heavy atom. The van der Waals surface area contributed by atoms with Gasteiger partial charge in [-0.25, -0.2) is 4.79 Å². The van der Waals surface area contributed by atoms with Crippen molar-refractivity contribution in [3.05, 3.63) is 35.6 Å². The van der Waals surface area contributed by atoms with Gasteiger partial charge in [0.2, 0.25) is 0 Å². The topological polar surface area (TPSA) is 76.7 Å². The number of hydrogen-bond acceptors (Lipinski definition) is 4. The van der Waals surface area contributed by atoms with Crippen molar-refractivity contribution < 1.29 is 23.8 Å². The van der Waals surface area contributed by atoms with Crippen LogP contribution in [0.15, 0.2) is 28.9 Å². The summed E-state index contributed by atoms with van der Waals surface area (Å²) >= 11 is 0. The molecule has 0 saturated heterocycles. The van der Waals surface area contributed by atoms with Crippen molar-refractivity contribution in [3.8, 4) is 5.75 Å². The van der Waals surface area contributed by atoms with Gasteiger partial charge >= 0.3 is 11.9 Å². The van der Waals surface area contributed by atoms with Crippen molar-refractivity contribution in [3.63, 3.8) is 0 Å². The predicted octanol–water partition coefficient (Wildman–Crippen LogP) is 3.80. The number of allylic oxidation sites excluding steroid dienone is 1. The molecular weight excluding hydrogens is 284 g/mol. The molecule has 0 spiro atoms. The van der Waals surface area contributed by atoms with Gasteiger partial charge in [0.1, 0.15) is 11.3 Å². The van der Waals surface area contributed by atoms with Crippen LogP contribution in [0.3, 0.4) is 0 Å². The molecule has 0 saturated carbocycles. The van der Waals surface area contributed by atoms with Gasteiger partial charge in [0, 0.05) is 30.0 Å². The smallest absolute Gasteiger partial charge is 0.328 e. The summed E-state index contributed by atoms with van der Waals surface area (Å²) < 4.78 is 10.7. The molecule has 1 heterocycles. The zero-order valence-electron chi connectivity index (χ0n) is 12.8. The van der Waals surface area contributed by atoms with Gasteiger partial charge in [0.25, 0.3) is 0 Å². The molecule has 2 rings (SSSR count). The molecule has 0 fully saturated rings. The molecule has 5 nitrogen and oxygen atoms in total. The van der Waals surface area contributed by atoms with Gasteiger partial charge in [-0.15, -0.1) is 0 Å². The van der Waals surface area contributed by atoms with Gasteiger partial charge in [-0.3, -0.25) is 4.79 Å². The van der Waals surface area contributed by atoms with E-state index in [4.69, 9.17) is 14.3 Å². The molecule has 0 aliphatic rings. The number of esters is 1. The molecule has 0 aliphatic heterocycles. The zero-order chi connectivity index (χ0) is 16.3. The lowest BCUT2D eigenvalue weighted by Gasteiger charge is -2.11. The summed E-state index contributed by atoms with van der Waals surface area (Å²) in [6.45, 7) is 5.17. The molecule has 22 heavy (non-hydrogen) atoms. The second-order valence-electron chi connectivity index (χ2n) is 4.91. The molecule has 0 amide bonds. The maximum absolute atomic E-state index is 11.3. The molecular formula is C17H18O5. The first-order chi connectivity index (χ1) is 10.5. The summed E-state index contributed by atoms with van der Waals surface area (Å²) in [4.78, 5) is 22.3. The van der Waals surface area contributed by atoms with E-state index in [1.165, 1.54) is 6.92 Å². The third kappa shape index (κ3) is 3.19. The fourth-order valence-electron chi connectivity index (χ4n) is 2.39. The number of aliphatic carboxylic acids is 1. The van der Waals surface area contributed by atoms with Gasteiger partial charge in [-0.2, -0.15) is 0 Å². The van der Waals surface area contributed by atoms with E-state index in [1.807, 2.05) is 19.9 Å². The van der Waals surface area contributed by atoms with Crippen LogP contribution in [0.2, 0.25) is 0 Å². The van der Waals surface area contributed by atoms with E-state index < -0.39 is 11.9 Å². The number of ether oxygens (including phenoxy) is 1. The Morgan fingerprint density at radius 3 is 2.59 bits per heavy atom. The molecule has 1 aromatic carbocycles. The van der Waals surface area contributed by atoms with E-state index >= 15 is 0 Å². The lowest BCUT2D eigenvalue weighted by atomic mass is 9.98. The lowest BCUT2D eigenvalue weighted by Crippen LogP contribution is -2.04. The van der Waals surface area contributed by atoms with Crippen LogP contribution in [0.5, 0.6) is 5.75 Å². The van der Waals surface area contributed by atoms with Crippen LogP contribution >= 0.6 is 0 Å². The molecule has 1 N–H and O–H groups in total. The Labute approximate surface area is 128 Å². The van der Waals surface area contributed by atoms with E-state index in [0.717, 1.165) is 23.4 Å². The highest BCUT2D eigenvalue weighted by molar-refractivity contribution is 5.95. The average molecular weight is 302 g/mol. The Hall–Kier alpha value is -2.56. The third-order valence-corrected chi connectivity index (χ3v) is 3.42. The number of rotatable bonds is 5. The largest absolute Gasteiger partial charge is 0.478 e. The monoisotopic (exact) mass is 302 g/mol. The van der Waals surface area contributed by atoms with Crippen molar-refractivity contribution in [2.24, 2.45) is 0 Å². The Kier molecular flexibility index (Phi) is 4.65. The van der Waals surface area contributed by atoms with Gasteiger partial charge < -0.3 is 14.3 Å². The van der Waals surface area contributed by atoms with Crippen molar-refractivity contribution in [2.45, 2.75) is 33.6 Å². The number of aryl methyl sites for hydroxylation is 1. The van der Waals surface area contributed by atoms with E-state index in [-0.39, 0.29) is 0 Å². The molecule has 0 radical (unpaired) electrons. The Balaban J connectivity index is 2.70. The van der Waals surface area contributed by atoms with Crippen LogP contribution < -0.4 is 4.74 Å². The van der Waals surface area contributed by atoms with Gasteiger partial charge in [-0.05, 0) is 30.0 Å². The highest BCUT2D eigenvalue weighted by Gasteiger charge is 2.16.